The number of phenolic OH excluding ortho intramolecular Hbond substituents is 1. The molecule has 2 aromatic rings. The first-order valence-corrected chi connectivity index (χ1v) is 6.15. The van der Waals surface area contributed by atoms with Crippen molar-refractivity contribution in [1.29, 1.82) is 0 Å². The van der Waals surface area contributed by atoms with E-state index in [1.807, 2.05) is 6.92 Å². The number of aromatic hydroxyl groups is 1. The topological polar surface area (TPSA) is 53.4 Å². The fraction of sp³-hybridized carbons (Fsp3) is 0.200. The Balaban J connectivity index is 2.39. The largest absolute Gasteiger partial charge is 0.508 e. The van der Waals surface area contributed by atoms with Crippen LogP contribution in [0.1, 0.15) is 22.8 Å². The summed E-state index contributed by atoms with van der Waals surface area (Å²) < 4.78 is 0. The summed E-state index contributed by atoms with van der Waals surface area (Å²) in [5, 5.41) is 9.69. The summed E-state index contributed by atoms with van der Waals surface area (Å²) in [7, 11) is 0. The minimum atomic E-state index is -0.123. The van der Waals surface area contributed by atoms with Crippen LogP contribution < -0.4 is 4.90 Å². The molecule has 0 aliphatic rings. The Bertz CT molecular complexity index is 582. The normalized spacial score (nSPS) is 10.2. The van der Waals surface area contributed by atoms with Gasteiger partial charge >= 0.3 is 0 Å². The number of phenols is 1. The van der Waals surface area contributed by atoms with Crippen molar-refractivity contribution in [3.05, 3.63) is 53.9 Å². The molecule has 4 nitrogen and oxygen atoms in total. The van der Waals surface area contributed by atoms with Gasteiger partial charge in [-0.15, -0.1) is 0 Å². The van der Waals surface area contributed by atoms with Gasteiger partial charge in [-0.2, -0.15) is 0 Å². The number of hydrogen-bond donors (Lipinski definition) is 1. The van der Waals surface area contributed by atoms with E-state index < -0.39 is 0 Å². The Morgan fingerprint density at radius 2 is 1.95 bits per heavy atom. The molecule has 1 heterocycles. The van der Waals surface area contributed by atoms with Gasteiger partial charge in [0, 0.05) is 35.8 Å². The Morgan fingerprint density at radius 1 is 1.26 bits per heavy atom. The molecule has 0 bridgehead atoms. The van der Waals surface area contributed by atoms with Gasteiger partial charge < -0.3 is 10.0 Å². The quantitative estimate of drug-likeness (QED) is 0.918. The van der Waals surface area contributed by atoms with E-state index in [2.05, 4.69) is 4.98 Å². The average molecular weight is 256 g/mol. The Labute approximate surface area is 112 Å². The molecular formula is C15H16N2O2. The van der Waals surface area contributed by atoms with Gasteiger partial charge in [0.15, 0.2) is 0 Å². The molecule has 0 atom stereocenters. The molecule has 1 N–H and O–H groups in total. The van der Waals surface area contributed by atoms with Crippen molar-refractivity contribution in [2.24, 2.45) is 0 Å². The third-order valence-electron chi connectivity index (χ3n) is 3.07. The SMILES string of the molecule is CCN(C(=O)c1cccc(O)c1C)c1ccncc1. The summed E-state index contributed by atoms with van der Waals surface area (Å²) in [5.74, 6) is 0.0127. The van der Waals surface area contributed by atoms with E-state index in [4.69, 9.17) is 0 Å². The zero-order chi connectivity index (χ0) is 13.8. The van der Waals surface area contributed by atoms with Crippen LogP contribution in [-0.4, -0.2) is 22.5 Å². The molecule has 0 aliphatic heterocycles. The standard InChI is InChI=1S/C15H16N2O2/c1-3-17(12-7-9-16-10-8-12)15(19)13-5-4-6-14(18)11(13)2/h4-10,18H,3H2,1-2H3. The fourth-order valence-corrected chi connectivity index (χ4v) is 1.97. The number of carbonyl (C=O) groups excluding carboxylic acids is 1. The smallest absolute Gasteiger partial charge is 0.258 e. The van der Waals surface area contributed by atoms with Crippen molar-refractivity contribution < 1.29 is 9.90 Å². The summed E-state index contributed by atoms with van der Waals surface area (Å²) in [6, 6.07) is 8.56. The van der Waals surface area contributed by atoms with Gasteiger partial charge in [0.2, 0.25) is 0 Å². The number of amides is 1. The van der Waals surface area contributed by atoms with Crippen LogP contribution in [0.4, 0.5) is 5.69 Å². The Hall–Kier alpha value is -2.36. The molecule has 0 saturated carbocycles. The van der Waals surface area contributed by atoms with E-state index in [0.717, 1.165) is 5.69 Å². The highest BCUT2D eigenvalue weighted by atomic mass is 16.3. The Kier molecular flexibility index (Phi) is 3.80. The number of aromatic nitrogens is 1. The second kappa shape index (κ2) is 5.52. The molecule has 1 amide bonds. The zero-order valence-electron chi connectivity index (χ0n) is 11.0. The van der Waals surface area contributed by atoms with Crippen molar-refractivity contribution >= 4 is 11.6 Å². The lowest BCUT2D eigenvalue weighted by atomic mass is 10.1. The number of pyridine rings is 1. The van der Waals surface area contributed by atoms with Gasteiger partial charge in [-0.05, 0) is 38.1 Å². The summed E-state index contributed by atoms with van der Waals surface area (Å²) in [4.78, 5) is 18.1. The van der Waals surface area contributed by atoms with Crippen LogP contribution in [0.25, 0.3) is 0 Å². The average Bonchev–Trinajstić information content (AvgIpc) is 2.44. The maximum atomic E-state index is 12.5. The van der Waals surface area contributed by atoms with Gasteiger partial charge in [0.05, 0.1) is 0 Å². The predicted octanol–water partition coefficient (Wildman–Crippen LogP) is 2.76. The summed E-state index contributed by atoms with van der Waals surface area (Å²) in [6.45, 7) is 4.21. The number of benzene rings is 1. The zero-order valence-corrected chi connectivity index (χ0v) is 11.0. The number of anilines is 1. The van der Waals surface area contributed by atoms with Gasteiger partial charge in [0.1, 0.15) is 5.75 Å². The molecule has 19 heavy (non-hydrogen) atoms. The second-order valence-electron chi connectivity index (χ2n) is 4.20. The molecule has 0 aliphatic carbocycles. The molecule has 0 unspecified atom stereocenters. The summed E-state index contributed by atoms with van der Waals surface area (Å²) >= 11 is 0. The first kappa shape index (κ1) is 13.1. The van der Waals surface area contributed by atoms with Crippen LogP contribution in [0, 0.1) is 6.92 Å². The van der Waals surface area contributed by atoms with E-state index in [1.165, 1.54) is 0 Å². The van der Waals surface area contributed by atoms with E-state index in [9.17, 15) is 9.90 Å². The predicted molar refractivity (Wildman–Crippen MR) is 74.4 cm³/mol. The maximum Gasteiger partial charge on any atom is 0.258 e. The Morgan fingerprint density at radius 3 is 2.58 bits per heavy atom. The molecule has 2 rings (SSSR count). The molecule has 0 fully saturated rings. The molecule has 1 aromatic carbocycles. The van der Waals surface area contributed by atoms with E-state index in [1.54, 1.807) is 54.5 Å². The number of carbonyl (C=O) groups is 1. The van der Waals surface area contributed by atoms with Crippen LogP contribution in [0.5, 0.6) is 5.75 Å². The highest BCUT2D eigenvalue weighted by Crippen LogP contribution is 2.23. The van der Waals surface area contributed by atoms with Gasteiger partial charge in [0.25, 0.3) is 5.91 Å². The summed E-state index contributed by atoms with van der Waals surface area (Å²) in [5.41, 5.74) is 1.91. The third-order valence-corrected chi connectivity index (χ3v) is 3.07. The first-order chi connectivity index (χ1) is 9.15. The van der Waals surface area contributed by atoms with Crippen LogP contribution in [0.3, 0.4) is 0 Å². The van der Waals surface area contributed by atoms with Crippen LogP contribution >= 0.6 is 0 Å². The number of nitrogens with zero attached hydrogens (tertiary/aromatic N) is 2. The highest BCUT2D eigenvalue weighted by molar-refractivity contribution is 6.07. The van der Waals surface area contributed by atoms with E-state index >= 15 is 0 Å². The highest BCUT2D eigenvalue weighted by Gasteiger charge is 2.18. The first-order valence-electron chi connectivity index (χ1n) is 6.15. The maximum absolute atomic E-state index is 12.5. The lowest BCUT2D eigenvalue weighted by Gasteiger charge is -2.22. The van der Waals surface area contributed by atoms with Crippen molar-refractivity contribution in [2.45, 2.75) is 13.8 Å². The monoisotopic (exact) mass is 256 g/mol. The van der Waals surface area contributed by atoms with Crippen molar-refractivity contribution in [2.75, 3.05) is 11.4 Å². The fourth-order valence-electron chi connectivity index (χ4n) is 1.97. The minimum absolute atomic E-state index is 0.123. The van der Waals surface area contributed by atoms with Crippen LogP contribution in [-0.2, 0) is 0 Å². The molecule has 0 saturated heterocycles. The van der Waals surface area contributed by atoms with Gasteiger partial charge in [-0.1, -0.05) is 6.07 Å². The van der Waals surface area contributed by atoms with Crippen molar-refractivity contribution in [3.63, 3.8) is 0 Å². The van der Waals surface area contributed by atoms with Crippen molar-refractivity contribution in [1.82, 2.24) is 4.98 Å². The number of hydrogen-bond acceptors (Lipinski definition) is 3. The molecular weight excluding hydrogens is 240 g/mol. The van der Waals surface area contributed by atoms with E-state index in [0.29, 0.717) is 17.7 Å². The lowest BCUT2D eigenvalue weighted by molar-refractivity contribution is 0.0987. The number of rotatable bonds is 3. The summed E-state index contributed by atoms with van der Waals surface area (Å²) in [6.07, 6.45) is 3.31. The molecule has 4 heteroatoms. The molecule has 98 valence electrons. The van der Waals surface area contributed by atoms with Gasteiger partial charge in [-0.3, -0.25) is 9.78 Å². The second-order valence-corrected chi connectivity index (χ2v) is 4.20. The van der Waals surface area contributed by atoms with Crippen molar-refractivity contribution in [3.8, 4) is 5.75 Å². The molecule has 0 spiro atoms. The van der Waals surface area contributed by atoms with Crippen LogP contribution in [0.15, 0.2) is 42.7 Å². The minimum Gasteiger partial charge on any atom is -0.508 e. The molecule has 0 radical (unpaired) electrons. The lowest BCUT2D eigenvalue weighted by Crippen LogP contribution is -2.31. The van der Waals surface area contributed by atoms with Gasteiger partial charge in [-0.25, -0.2) is 0 Å². The molecule has 1 aromatic heterocycles. The van der Waals surface area contributed by atoms with Crippen LogP contribution in [0.2, 0.25) is 0 Å². The van der Waals surface area contributed by atoms with E-state index in [-0.39, 0.29) is 11.7 Å². The third kappa shape index (κ3) is 2.57.